The average molecular weight is 437 g/mol. The number of carbonyl (C=O) groups excluding carboxylic acids is 2. The Morgan fingerprint density at radius 1 is 1.16 bits per heavy atom. The molecule has 0 aliphatic heterocycles. The number of aliphatic carboxylic acids is 1. The van der Waals surface area contributed by atoms with Crippen LogP contribution >= 0.6 is 0 Å². The van der Waals surface area contributed by atoms with Gasteiger partial charge in [-0.15, -0.1) is 0 Å². The van der Waals surface area contributed by atoms with Gasteiger partial charge in [-0.25, -0.2) is 4.79 Å². The van der Waals surface area contributed by atoms with Gasteiger partial charge < -0.3 is 25.6 Å². The zero-order chi connectivity index (χ0) is 23.6. The van der Waals surface area contributed by atoms with Crippen LogP contribution in [0.2, 0.25) is 0 Å². The van der Waals surface area contributed by atoms with Crippen LogP contribution < -0.4 is 15.8 Å². The molecule has 1 unspecified atom stereocenters. The lowest BCUT2D eigenvalue weighted by Crippen LogP contribution is -2.42. The quantitative estimate of drug-likeness (QED) is 0.456. The number of hydrogen-bond acceptors (Lipinski definition) is 5. The van der Waals surface area contributed by atoms with Gasteiger partial charge in [-0.05, 0) is 70.1 Å². The molecule has 0 spiro atoms. The summed E-state index contributed by atoms with van der Waals surface area (Å²) in [5.74, 6) is -0.379. The summed E-state index contributed by atoms with van der Waals surface area (Å²) < 4.78 is 11.3. The fraction of sp³-hybridized carbons (Fsp3) is 0.609. The largest absolute Gasteiger partial charge is 0.491 e. The van der Waals surface area contributed by atoms with E-state index in [-0.39, 0.29) is 25.4 Å². The highest BCUT2D eigenvalue weighted by Crippen LogP contribution is 2.30. The molecule has 0 radical (unpaired) electrons. The van der Waals surface area contributed by atoms with Crippen LogP contribution in [0.5, 0.6) is 5.75 Å². The molecule has 8 heteroatoms. The highest BCUT2D eigenvalue weighted by molar-refractivity contribution is 5.74. The summed E-state index contributed by atoms with van der Waals surface area (Å²) in [5, 5.41) is 11.6. The molecule has 2 atom stereocenters. The number of hydrogen-bond donors (Lipinski definition) is 3. The molecule has 0 saturated carbocycles. The minimum atomic E-state index is -0.791. The van der Waals surface area contributed by atoms with Gasteiger partial charge >= 0.3 is 12.1 Å². The Morgan fingerprint density at radius 3 is 2.42 bits per heavy atom. The third-order valence-corrected chi connectivity index (χ3v) is 4.78. The standard InChI is InChI=1S/C23H36N2O6/c1-15(8-6-11-21(27)28)18-9-7-10-19(16(18)2)30-14-17(12-13-20(24)26)25-22(29)31-23(3,4)5/h7,9-10,15,17H,6,8,11-14H2,1-5H3,(H2,24,26)(H,25,29)(H,27,28)/t15?,17-/m0/s1. The molecule has 0 bridgehead atoms. The monoisotopic (exact) mass is 436 g/mol. The van der Waals surface area contributed by atoms with Crippen molar-refractivity contribution in [3.63, 3.8) is 0 Å². The number of nitrogens with two attached hydrogens (primary N) is 1. The van der Waals surface area contributed by atoms with E-state index in [1.807, 2.05) is 25.1 Å². The molecule has 0 fully saturated rings. The second-order valence-electron chi connectivity index (χ2n) is 8.82. The molecule has 1 aromatic carbocycles. The van der Waals surface area contributed by atoms with Gasteiger partial charge in [-0.3, -0.25) is 9.59 Å². The number of amides is 2. The Bertz CT molecular complexity index is 757. The summed E-state index contributed by atoms with van der Waals surface area (Å²) >= 11 is 0. The Labute approximate surface area is 184 Å². The van der Waals surface area contributed by atoms with E-state index in [1.54, 1.807) is 20.8 Å². The molecule has 0 saturated heterocycles. The van der Waals surface area contributed by atoms with E-state index in [0.29, 0.717) is 18.6 Å². The number of carboxylic acids is 1. The average Bonchev–Trinajstić information content (AvgIpc) is 2.62. The second-order valence-corrected chi connectivity index (χ2v) is 8.82. The third kappa shape index (κ3) is 10.7. The van der Waals surface area contributed by atoms with Gasteiger partial charge in [0.15, 0.2) is 0 Å². The molecule has 2 amide bonds. The zero-order valence-electron chi connectivity index (χ0n) is 19.2. The fourth-order valence-corrected chi connectivity index (χ4v) is 3.21. The topological polar surface area (TPSA) is 128 Å². The van der Waals surface area contributed by atoms with Crippen LogP contribution in [0, 0.1) is 6.92 Å². The highest BCUT2D eigenvalue weighted by atomic mass is 16.6. The van der Waals surface area contributed by atoms with Crippen LogP contribution in [0.3, 0.4) is 0 Å². The summed E-state index contributed by atoms with van der Waals surface area (Å²) in [4.78, 5) is 34.1. The van der Waals surface area contributed by atoms with Crippen molar-refractivity contribution in [2.24, 2.45) is 5.73 Å². The van der Waals surface area contributed by atoms with E-state index in [4.69, 9.17) is 20.3 Å². The van der Waals surface area contributed by atoms with Crippen molar-refractivity contribution in [3.8, 4) is 5.75 Å². The fourth-order valence-electron chi connectivity index (χ4n) is 3.21. The molecule has 1 aromatic rings. The molecule has 0 aromatic heterocycles. The maximum Gasteiger partial charge on any atom is 0.407 e. The number of carbonyl (C=O) groups is 3. The normalized spacial score (nSPS) is 13.2. The van der Waals surface area contributed by atoms with Crippen LogP contribution in [0.4, 0.5) is 4.79 Å². The summed E-state index contributed by atoms with van der Waals surface area (Å²) in [5.41, 5.74) is 6.68. The van der Waals surface area contributed by atoms with Crippen LogP contribution in [-0.4, -0.2) is 41.3 Å². The van der Waals surface area contributed by atoms with Gasteiger partial charge in [0.25, 0.3) is 0 Å². The first-order chi connectivity index (χ1) is 14.4. The Hall–Kier alpha value is -2.77. The van der Waals surface area contributed by atoms with E-state index in [9.17, 15) is 14.4 Å². The van der Waals surface area contributed by atoms with Gasteiger partial charge in [-0.2, -0.15) is 0 Å². The van der Waals surface area contributed by atoms with Gasteiger partial charge in [0.1, 0.15) is 18.0 Å². The SMILES string of the molecule is Cc1c(OC[C@H](CCC(N)=O)NC(=O)OC(C)(C)C)cccc1C(C)CCCC(=O)O. The van der Waals surface area contributed by atoms with E-state index in [1.165, 1.54) is 0 Å². The smallest absolute Gasteiger partial charge is 0.407 e. The van der Waals surface area contributed by atoms with E-state index < -0.39 is 29.6 Å². The first-order valence-corrected chi connectivity index (χ1v) is 10.6. The summed E-state index contributed by atoms with van der Waals surface area (Å²) in [6, 6.07) is 5.31. The van der Waals surface area contributed by atoms with E-state index >= 15 is 0 Å². The molecule has 0 aliphatic rings. The third-order valence-electron chi connectivity index (χ3n) is 4.78. The highest BCUT2D eigenvalue weighted by Gasteiger charge is 2.21. The van der Waals surface area contributed by atoms with Crippen molar-refractivity contribution >= 4 is 18.0 Å². The maximum absolute atomic E-state index is 12.1. The predicted octanol–water partition coefficient (Wildman–Crippen LogP) is 3.89. The van der Waals surface area contributed by atoms with Crippen molar-refractivity contribution < 1.29 is 29.0 Å². The van der Waals surface area contributed by atoms with Crippen molar-refractivity contribution in [2.45, 2.75) is 84.3 Å². The molecule has 174 valence electrons. The van der Waals surface area contributed by atoms with Crippen molar-refractivity contribution in [1.82, 2.24) is 5.32 Å². The van der Waals surface area contributed by atoms with Crippen molar-refractivity contribution in [3.05, 3.63) is 29.3 Å². The summed E-state index contributed by atoms with van der Waals surface area (Å²) in [6.07, 6.45) is 1.39. The molecule has 4 N–H and O–H groups in total. The van der Waals surface area contributed by atoms with Crippen LogP contribution in [-0.2, 0) is 14.3 Å². The van der Waals surface area contributed by atoms with Crippen molar-refractivity contribution in [1.29, 1.82) is 0 Å². The molecule has 31 heavy (non-hydrogen) atoms. The van der Waals surface area contributed by atoms with E-state index in [2.05, 4.69) is 12.2 Å². The van der Waals surface area contributed by atoms with E-state index in [0.717, 1.165) is 17.5 Å². The zero-order valence-corrected chi connectivity index (χ0v) is 19.2. The predicted molar refractivity (Wildman–Crippen MR) is 118 cm³/mol. The van der Waals surface area contributed by atoms with Gasteiger partial charge in [-0.1, -0.05) is 19.1 Å². The van der Waals surface area contributed by atoms with Gasteiger partial charge in [0.2, 0.25) is 5.91 Å². The number of alkyl carbamates (subject to hydrolysis) is 1. The lowest BCUT2D eigenvalue weighted by molar-refractivity contribution is -0.137. The molecule has 0 heterocycles. The Morgan fingerprint density at radius 2 is 1.84 bits per heavy atom. The lowest BCUT2D eigenvalue weighted by atomic mass is 9.91. The minimum Gasteiger partial charge on any atom is -0.491 e. The Kier molecular flexibility index (Phi) is 10.3. The molecule has 8 nitrogen and oxygen atoms in total. The number of benzene rings is 1. The van der Waals surface area contributed by atoms with Crippen LogP contribution in [0.15, 0.2) is 18.2 Å². The van der Waals surface area contributed by atoms with Gasteiger partial charge in [0, 0.05) is 12.8 Å². The maximum atomic E-state index is 12.1. The summed E-state index contributed by atoms with van der Waals surface area (Å²) in [7, 11) is 0. The first kappa shape index (κ1) is 26.3. The first-order valence-electron chi connectivity index (χ1n) is 10.6. The number of nitrogens with one attached hydrogen (secondary N) is 1. The van der Waals surface area contributed by atoms with Crippen LogP contribution in [0.25, 0.3) is 0 Å². The number of ether oxygens (including phenoxy) is 2. The second kappa shape index (κ2) is 12.2. The van der Waals surface area contributed by atoms with Crippen molar-refractivity contribution in [2.75, 3.05) is 6.61 Å². The minimum absolute atomic E-state index is 0.115. The Balaban J connectivity index is 2.81. The molecule has 1 rings (SSSR count). The lowest BCUT2D eigenvalue weighted by Gasteiger charge is -2.24. The van der Waals surface area contributed by atoms with Gasteiger partial charge in [0.05, 0.1) is 6.04 Å². The van der Waals surface area contributed by atoms with Crippen LogP contribution in [0.1, 0.15) is 76.8 Å². The number of rotatable bonds is 12. The molecular weight excluding hydrogens is 400 g/mol. The number of primary amides is 1. The molecular formula is C23H36N2O6. The number of carboxylic acid groups (broad SMARTS) is 1. The molecule has 0 aliphatic carbocycles. The summed E-state index contributed by atoms with van der Waals surface area (Å²) in [6.45, 7) is 9.49.